The van der Waals surface area contributed by atoms with Gasteiger partial charge in [-0.3, -0.25) is 9.59 Å². The molecule has 1 aromatic heterocycles. The lowest BCUT2D eigenvalue weighted by Crippen LogP contribution is -2.58. The van der Waals surface area contributed by atoms with Crippen molar-refractivity contribution in [1.29, 1.82) is 0 Å². The van der Waals surface area contributed by atoms with Crippen LogP contribution in [-0.4, -0.2) is 40.8 Å². The lowest BCUT2D eigenvalue weighted by molar-refractivity contribution is -0.127. The molecule has 5 heteroatoms. The topological polar surface area (TPSA) is 65.2 Å². The molecule has 0 aliphatic carbocycles. The molecule has 0 saturated carbocycles. The van der Waals surface area contributed by atoms with E-state index >= 15 is 0 Å². The Balaban J connectivity index is 1.68. The number of carbonyl (C=O) groups is 2. The SMILES string of the molecule is Cc1ccc2[nH]c(C(=O)N3CCNC(=O)C3Cc3ccccc3)c(C)c2c1. The molecule has 1 aliphatic heterocycles. The van der Waals surface area contributed by atoms with E-state index in [0.717, 1.165) is 27.6 Å². The smallest absolute Gasteiger partial charge is 0.271 e. The van der Waals surface area contributed by atoms with E-state index in [1.165, 1.54) is 0 Å². The van der Waals surface area contributed by atoms with Gasteiger partial charge in [-0.25, -0.2) is 0 Å². The number of H-pyrrole nitrogens is 1. The molecule has 2 heterocycles. The number of amides is 2. The second-order valence-electron chi connectivity index (χ2n) is 7.17. The van der Waals surface area contributed by atoms with Gasteiger partial charge in [0.2, 0.25) is 5.91 Å². The number of piperazine rings is 1. The van der Waals surface area contributed by atoms with Crippen molar-refractivity contribution in [2.75, 3.05) is 13.1 Å². The van der Waals surface area contributed by atoms with Crippen molar-refractivity contribution in [3.05, 3.63) is 70.9 Å². The van der Waals surface area contributed by atoms with Crippen LogP contribution in [-0.2, 0) is 11.2 Å². The highest BCUT2D eigenvalue weighted by atomic mass is 16.2. The quantitative estimate of drug-likeness (QED) is 0.753. The van der Waals surface area contributed by atoms with E-state index in [0.29, 0.717) is 25.2 Å². The summed E-state index contributed by atoms with van der Waals surface area (Å²) in [4.78, 5) is 30.8. The maximum Gasteiger partial charge on any atom is 0.271 e. The molecule has 0 radical (unpaired) electrons. The van der Waals surface area contributed by atoms with Crippen LogP contribution in [0.25, 0.3) is 10.9 Å². The van der Waals surface area contributed by atoms with Gasteiger partial charge in [0, 0.05) is 30.4 Å². The number of nitrogens with zero attached hydrogens (tertiary/aromatic N) is 1. The number of nitrogens with one attached hydrogen (secondary N) is 2. The Hall–Kier alpha value is -3.08. The standard InChI is InChI=1S/C22H23N3O2/c1-14-8-9-18-17(12-14)15(2)20(24-18)22(27)25-11-10-23-21(26)19(25)13-16-6-4-3-5-7-16/h3-9,12,19,24H,10-11,13H2,1-2H3,(H,23,26). The number of aromatic nitrogens is 1. The summed E-state index contributed by atoms with van der Waals surface area (Å²) in [5.74, 6) is -0.208. The largest absolute Gasteiger partial charge is 0.353 e. The fraction of sp³-hybridized carbons (Fsp3) is 0.273. The molecule has 2 aromatic carbocycles. The van der Waals surface area contributed by atoms with E-state index in [1.54, 1.807) is 4.90 Å². The number of hydrogen-bond acceptors (Lipinski definition) is 2. The van der Waals surface area contributed by atoms with Gasteiger partial charge in [0.1, 0.15) is 11.7 Å². The van der Waals surface area contributed by atoms with Crippen molar-refractivity contribution in [1.82, 2.24) is 15.2 Å². The van der Waals surface area contributed by atoms with E-state index in [4.69, 9.17) is 0 Å². The second kappa shape index (κ2) is 6.91. The van der Waals surface area contributed by atoms with Gasteiger partial charge in [-0.15, -0.1) is 0 Å². The molecule has 27 heavy (non-hydrogen) atoms. The number of fused-ring (bicyclic) bond motifs is 1. The Morgan fingerprint density at radius 2 is 1.93 bits per heavy atom. The van der Waals surface area contributed by atoms with Gasteiger partial charge in [-0.05, 0) is 37.1 Å². The normalized spacial score (nSPS) is 17.2. The molecule has 4 rings (SSSR count). The molecule has 3 aromatic rings. The minimum absolute atomic E-state index is 0.0944. The van der Waals surface area contributed by atoms with Gasteiger partial charge in [0.15, 0.2) is 0 Å². The van der Waals surface area contributed by atoms with Crippen LogP contribution in [0.15, 0.2) is 48.5 Å². The number of aromatic amines is 1. The van der Waals surface area contributed by atoms with Gasteiger partial charge < -0.3 is 15.2 Å². The lowest BCUT2D eigenvalue weighted by atomic mass is 10.0. The van der Waals surface area contributed by atoms with Gasteiger partial charge in [0.05, 0.1) is 0 Å². The monoisotopic (exact) mass is 361 g/mol. The van der Waals surface area contributed by atoms with Crippen LogP contribution >= 0.6 is 0 Å². The fourth-order valence-electron chi connectivity index (χ4n) is 3.80. The van der Waals surface area contributed by atoms with Gasteiger partial charge in [-0.1, -0.05) is 42.0 Å². The van der Waals surface area contributed by atoms with Crippen LogP contribution in [0.3, 0.4) is 0 Å². The molecule has 1 unspecified atom stereocenters. The fourth-order valence-corrected chi connectivity index (χ4v) is 3.80. The highest BCUT2D eigenvalue weighted by molar-refractivity contribution is 6.03. The Morgan fingerprint density at radius 3 is 2.70 bits per heavy atom. The van der Waals surface area contributed by atoms with E-state index in [2.05, 4.69) is 16.4 Å². The first-order valence-corrected chi connectivity index (χ1v) is 9.26. The summed E-state index contributed by atoms with van der Waals surface area (Å²) in [5, 5.41) is 3.95. The molecule has 1 saturated heterocycles. The number of rotatable bonds is 3. The Bertz CT molecular complexity index is 1010. The number of benzene rings is 2. The zero-order valence-electron chi connectivity index (χ0n) is 15.6. The van der Waals surface area contributed by atoms with Crippen molar-refractivity contribution < 1.29 is 9.59 Å². The van der Waals surface area contributed by atoms with Crippen LogP contribution in [0.4, 0.5) is 0 Å². The molecule has 2 N–H and O–H groups in total. The molecule has 5 nitrogen and oxygen atoms in total. The first kappa shape index (κ1) is 17.3. The van der Waals surface area contributed by atoms with Crippen LogP contribution in [0.2, 0.25) is 0 Å². The molecule has 0 spiro atoms. The van der Waals surface area contributed by atoms with Gasteiger partial charge >= 0.3 is 0 Å². The maximum atomic E-state index is 13.3. The number of hydrogen-bond donors (Lipinski definition) is 2. The zero-order chi connectivity index (χ0) is 19.0. The highest BCUT2D eigenvalue weighted by Crippen LogP contribution is 2.25. The third kappa shape index (κ3) is 3.21. The van der Waals surface area contributed by atoms with E-state index in [9.17, 15) is 9.59 Å². The molecule has 1 aliphatic rings. The average Bonchev–Trinajstić information content (AvgIpc) is 3.00. The molecule has 1 atom stereocenters. The van der Waals surface area contributed by atoms with Crippen molar-refractivity contribution in [3.63, 3.8) is 0 Å². The highest BCUT2D eigenvalue weighted by Gasteiger charge is 2.34. The first-order valence-electron chi connectivity index (χ1n) is 9.26. The predicted octanol–water partition coefficient (Wildman–Crippen LogP) is 2.97. The second-order valence-corrected chi connectivity index (χ2v) is 7.17. The minimum atomic E-state index is -0.499. The van der Waals surface area contributed by atoms with E-state index < -0.39 is 6.04 Å². The Labute approximate surface area is 158 Å². The van der Waals surface area contributed by atoms with Crippen LogP contribution in [0.5, 0.6) is 0 Å². The summed E-state index contributed by atoms with van der Waals surface area (Å²) in [7, 11) is 0. The average molecular weight is 361 g/mol. The molecular formula is C22H23N3O2. The van der Waals surface area contributed by atoms with Gasteiger partial charge in [-0.2, -0.15) is 0 Å². The van der Waals surface area contributed by atoms with E-state index in [1.807, 2.05) is 56.3 Å². The van der Waals surface area contributed by atoms with Crippen molar-refractivity contribution in [3.8, 4) is 0 Å². The lowest BCUT2D eigenvalue weighted by Gasteiger charge is -2.35. The van der Waals surface area contributed by atoms with Crippen LogP contribution < -0.4 is 5.32 Å². The molecule has 2 amide bonds. The summed E-state index contributed by atoms with van der Waals surface area (Å²) >= 11 is 0. The van der Waals surface area contributed by atoms with Crippen LogP contribution in [0, 0.1) is 13.8 Å². The summed E-state index contributed by atoms with van der Waals surface area (Å²) in [5.41, 5.74) is 4.65. The maximum absolute atomic E-state index is 13.3. The van der Waals surface area contributed by atoms with Crippen molar-refractivity contribution >= 4 is 22.7 Å². The molecular weight excluding hydrogens is 338 g/mol. The summed E-state index contributed by atoms with van der Waals surface area (Å²) in [6, 6.07) is 15.4. The summed E-state index contributed by atoms with van der Waals surface area (Å²) in [6.07, 6.45) is 0.511. The van der Waals surface area contributed by atoms with Gasteiger partial charge in [0.25, 0.3) is 5.91 Å². The zero-order valence-corrected chi connectivity index (χ0v) is 15.6. The third-order valence-electron chi connectivity index (χ3n) is 5.29. The molecule has 1 fully saturated rings. The molecule has 138 valence electrons. The Morgan fingerprint density at radius 1 is 1.15 bits per heavy atom. The van der Waals surface area contributed by atoms with Crippen molar-refractivity contribution in [2.24, 2.45) is 0 Å². The van der Waals surface area contributed by atoms with E-state index in [-0.39, 0.29) is 11.8 Å². The summed E-state index contributed by atoms with van der Waals surface area (Å²) < 4.78 is 0. The number of carbonyl (C=O) groups excluding carboxylic acids is 2. The van der Waals surface area contributed by atoms with Crippen LogP contribution in [0.1, 0.15) is 27.2 Å². The predicted molar refractivity (Wildman–Crippen MR) is 106 cm³/mol. The molecule has 0 bridgehead atoms. The first-order chi connectivity index (χ1) is 13.0. The van der Waals surface area contributed by atoms with Crippen molar-refractivity contribution in [2.45, 2.75) is 26.3 Å². The Kier molecular flexibility index (Phi) is 4.44. The summed E-state index contributed by atoms with van der Waals surface area (Å²) in [6.45, 7) is 4.99. The third-order valence-corrected chi connectivity index (χ3v) is 5.29. The minimum Gasteiger partial charge on any atom is -0.353 e. The number of aryl methyl sites for hydroxylation is 2.